The summed E-state index contributed by atoms with van der Waals surface area (Å²) in [7, 11) is 0. The van der Waals surface area contributed by atoms with Gasteiger partial charge in [-0.15, -0.1) is 0 Å². The van der Waals surface area contributed by atoms with Crippen molar-refractivity contribution in [2.24, 2.45) is 22.7 Å². The third-order valence-electron chi connectivity index (χ3n) is 3.41. The molecule has 0 aliphatic rings. The molecule has 0 spiro atoms. The van der Waals surface area contributed by atoms with Crippen molar-refractivity contribution in [3.05, 3.63) is 0 Å². The van der Waals surface area contributed by atoms with Gasteiger partial charge in [-0.05, 0) is 29.1 Å². The lowest BCUT2D eigenvalue weighted by molar-refractivity contribution is 0.0826. The maximum Gasteiger partial charge on any atom is -0.0321 e. The Balaban J connectivity index is 4.45. The van der Waals surface area contributed by atoms with E-state index in [0.717, 1.165) is 11.8 Å². The fraction of sp³-hybridized carbons (Fsp3) is 1.00. The zero-order valence-electron chi connectivity index (χ0n) is 10.9. The molecule has 0 saturated carbocycles. The van der Waals surface area contributed by atoms with Crippen LogP contribution in [0.5, 0.6) is 0 Å². The molecule has 0 radical (unpaired) electrons. The average Bonchev–Trinajstić information content (AvgIpc) is 1.80. The van der Waals surface area contributed by atoms with E-state index in [1.54, 1.807) is 0 Å². The Hall–Kier alpha value is 0. The molecule has 0 nitrogen and oxygen atoms in total. The van der Waals surface area contributed by atoms with Gasteiger partial charge in [0.15, 0.2) is 0 Å². The van der Waals surface area contributed by atoms with Gasteiger partial charge in [0.2, 0.25) is 0 Å². The first-order valence-electron chi connectivity index (χ1n) is 5.57. The maximum atomic E-state index is 2.41. The molecule has 0 N–H and O–H groups in total. The fourth-order valence-corrected chi connectivity index (χ4v) is 2.40. The lowest BCUT2D eigenvalue weighted by Crippen LogP contribution is -2.33. The molecule has 80 valence electrons. The molecule has 0 bridgehead atoms. The summed E-state index contributed by atoms with van der Waals surface area (Å²) < 4.78 is 0. The Morgan fingerprint density at radius 2 is 1.23 bits per heavy atom. The second kappa shape index (κ2) is 4.02. The number of hydrogen-bond acceptors (Lipinski definition) is 0. The van der Waals surface area contributed by atoms with E-state index in [1.807, 2.05) is 0 Å². The van der Waals surface area contributed by atoms with E-state index in [-0.39, 0.29) is 0 Å². The SMILES string of the molecule is CC(C)CC(C)(C)C(C)C(C)(C)C. The zero-order valence-corrected chi connectivity index (χ0v) is 10.9. The van der Waals surface area contributed by atoms with E-state index >= 15 is 0 Å². The fourth-order valence-electron chi connectivity index (χ4n) is 2.40. The molecule has 0 heteroatoms. The molecule has 0 aromatic rings. The van der Waals surface area contributed by atoms with Gasteiger partial charge in [0.05, 0.1) is 0 Å². The molecule has 0 aromatic carbocycles. The monoisotopic (exact) mass is 184 g/mol. The van der Waals surface area contributed by atoms with Gasteiger partial charge in [0.1, 0.15) is 0 Å². The molecule has 13 heavy (non-hydrogen) atoms. The van der Waals surface area contributed by atoms with Gasteiger partial charge in [0.25, 0.3) is 0 Å². The molecule has 0 aliphatic carbocycles. The molecule has 0 amide bonds. The van der Waals surface area contributed by atoms with Gasteiger partial charge >= 0.3 is 0 Å². The highest BCUT2D eigenvalue weighted by molar-refractivity contribution is 4.84. The van der Waals surface area contributed by atoms with Crippen LogP contribution in [0.2, 0.25) is 0 Å². The van der Waals surface area contributed by atoms with Crippen molar-refractivity contribution in [1.29, 1.82) is 0 Å². The Kier molecular flexibility index (Phi) is 4.02. The summed E-state index contributed by atoms with van der Waals surface area (Å²) in [6, 6.07) is 0. The van der Waals surface area contributed by atoms with Crippen molar-refractivity contribution in [3.8, 4) is 0 Å². The Bertz CT molecular complexity index is 146. The van der Waals surface area contributed by atoms with Gasteiger partial charge in [-0.2, -0.15) is 0 Å². The molecule has 0 aliphatic heterocycles. The van der Waals surface area contributed by atoms with E-state index in [4.69, 9.17) is 0 Å². The Labute approximate surface area is 85.1 Å². The predicted molar refractivity (Wildman–Crippen MR) is 61.9 cm³/mol. The number of rotatable bonds is 3. The van der Waals surface area contributed by atoms with Crippen LogP contribution in [0.3, 0.4) is 0 Å². The minimum absolute atomic E-state index is 0.429. The van der Waals surface area contributed by atoms with E-state index in [1.165, 1.54) is 6.42 Å². The highest BCUT2D eigenvalue weighted by Crippen LogP contribution is 2.43. The van der Waals surface area contributed by atoms with Gasteiger partial charge in [-0.3, -0.25) is 0 Å². The Morgan fingerprint density at radius 3 is 1.46 bits per heavy atom. The van der Waals surface area contributed by atoms with Gasteiger partial charge in [-0.25, -0.2) is 0 Å². The molecular weight excluding hydrogens is 156 g/mol. The second-order valence-electron chi connectivity index (χ2n) is 6.67. The van der Waals surface area contributed by atoms with Gasteiger partial charge in [-0.1, -0.05) is 55.4 Å². The summed E-state index contributed by atoms with van der Waals surface area (Å²) in [6.45, 7) is 18.9. The largest absolute Gasteiger partial charge is 0.0628 e. The summed E-state index contributed by atoms with van der Waals surface area (Å²) in [5.41, 5.74) is 0.894. The predicted octanol–water partition coefficient (Wildman–Crippen LogP) is 4.74. The van der Waals surface area contributed by atoms with Gasteiger partial charge < -0.3 is 0 Å². The maximum absolute atomic E-state index is 2.41. The quantitative estimate of drug-likeness (QED) is 0.594. The van der Waals surface area contributed by atoms with Crippen molar-refractivity contribution in [3.63, 3.8) is 0 Å². The summed E-state index contributed by atoms with van der Waals surface area (Å²) in [5, 5.41) is 0. The Morgan fingerprint density at radius 1 is 0.846 bits per heavy atom. The molecule has 1 unspecified atom stereocenters. The second-order valence-corrected chi connectivity index (χ2v) is 6.67. The molecule has 0 rings (SSSR count). The first-order chi connectivity index (χ1) is 5.57. The van der Waals surface area contributed by atoms with E-state index < -0.39 is 0 Å². The van der Waals surface area contributed by atoms with E-state index in [0.29, 0.717) is 10.8 Å². The van der Waals surface area contributed by atoms with Crippen molar-refractivity contribution in [2.45, 2.75) is 61.8 Å². The van der Waals surface area contributed by atoms with Crippen molar-refractivity contribution in [1.82, 2.24) is 0 Å². The topological polar surface area (TPSA) is 0 Å². The smallest absolute Gasteiger partial charge is 0.0321 e. The normalized spacial score (nSPS) is 16.4. The first kappa shape index (κ1) is 13.0. The lowest BCUT2D eigenvalue weighted by atomic mass is 9.64. The lowest BCUT2D eigenvalue weighted by Gasteiger charge is -2.41. The van der Waals surface area contributed by atoms with Crippen molar-refractivity contribution in [2.75, 3.05) is 0 Å². The average molecular weight is 184 g/mol. The van der Waals surface area contributed by atoms with Crippen LogP contribution in [0.1, 0.15) is 61.8 Å². The van der Waals surface area contributed by atoms with Crippen LogP contribution >= 0.6 is 0 Å². The third kappa shape index (κ3) is 4.15. The van der Waals surface area contributed by atoms with Crippen LogP contribution in [0.4, 0.5) is 0 Å². The van der Waals surface area contributed by atoms with Crippen LogP contribution in [0.15, 0.2) is 0 Å². The molecule has 1 atom stereocenters. The van der Waals surface area contributed by atoms with Crippen molar-refractivity contribution >= 4 is 0 Å². The van der Waals surface area contributed by atoms with E-state index in [2.05, 4.69) is 55.4 Å². The number of hydrogen-bond donors (Lipinski definition) is 0. The van der Waals surface area contributed by atoms with Crippen LogP contribution in [-0.4, -0.2) is 0 Å². The van der Waals surface area contributed by atoms with Crippen molar-refractivity contribution < 1.29 is 0 Å². The van der Waals surface area contributed by atoms with Gasteiger partial charge in [0, 0.05) is 0 Å². The molecule has 0 saturated heterocycles. The summed E-state index contributed by atoms with van der Waals surface area (Å²) in [5.74, 6) is 1.57. The third-order valence-corrected chi connectivity index (χ3v) is 3.41. The summed E-state index contributed by atoms with van der Waals surface area (Å²) in [4.78, 5) is 0. The standard InChI is InChI=1S/C13H28/c1-10(2)9-13(7,8)11(3)12(4,5)6/h10-11H,9H2,1-8H3. The van der Waals surface area contributed by atoms with E-state index in [9.17, 15) is 0 Å². The highest BCUT2D eigenvalue weighted by atomic mass is 14.4. The molecule has 0 aromatic heterocycles. The molecular formula is C13H28. The minimum atomic E-state index is 0.429. The minimum Gasteiger partial charge on any atom is -0.0628 e. The summed E-state index contributed by atoms with van der Waals surface area (Å²) in [6.07, 6.45) is 1.32. The first-order valence-corrected chi connectivity index (χ1v) is 5.57. The van der Waals surface area contributed by atoms with Crippen LogP contribution in [-0.2, 0) is 0 Å². The van der Waals surface area contributed by atoms with Crippen LogP contribution < -0.4 is 0 Å². The zero-order chi connectivity index (χ0) is 10.9. The molecule has 0 fully saturated rings. The van der Waals surface area contributed by atoms with Crippen LogP contribution in [0, 0.1) is 22.7 Å². The molecule has 0 heterocycles. The summed E-state index contributed by atoms with van der Waals surface area (Å²) >= 11 is 0. The highest BCUT2D eigenvalue weighted by Gasteiger charge is 2.34. The van der Waals surface area contributed by atoms with Crippen LogP contribution in [0.25, 0.3) is 0 Å².